The highest BCUT2D eigenvalue weighted by atomic mass is 16.5. The molecular formula is C19H19N3O3. The molecule has 1 aromatic carbocycles. The largest absolute Gasteiger partial charge is 0.466 e. The van der Waals surface area contributed by atoms with Crippen molar-refractivity contribution in [3.63, 3.8) is 0 Å². The van der Waals surface area contributed by atoms with Gasteiger partial charge in [-0.2, -0.15) is 5.26 Å². The third kappa shape index (κ3) is 2.94. The van der Waals surface area contributed by atoms with E-state index in [1.165, 1.54) is 7.11 Å². The number of esters is 1. The number of likely N-dealkylation sites (N-methyl/N-ethyl adjacent to an activating group) is 1. The van der Waals surface area contributed by atoms with Gasteiger partial charge in [-0.15, -0.1) is 0 Å². The van der Waals surface area contributed by atoms with Gasteiger partial charge in [-0.3, -0.25) is 9.69 Å². The minimum absolute atomic E-state index is 0.0301. The summed E-state index contributed by atoms with van der Waals surface area (Å²) < 4.78 is 4.96. The first-order valence-corrected chi connectivity index (χ1v) is 7.97. The van der Waals surface area contributed by atoms with Crippen LogP contribution in [0.1, 0.15) is 24.0 Å². The number of carbonyl (C=O) groups excluding carboxylic acids is 2. The van der Waals surface area contributed by atoms with E-state index in [9.17, 15) is 14.9 Å². The van der Waals surface area contributed by atoms with Crippen molar-refractivity contribution in [2.75, 3.05) is 27.2 Å². The molecule has 0 radical (unpaired) electrons. The number of dihydropyridines is 1. The van der Waals surface area contributed by atoms with E-state index in [2.05, 4.69) is 11.4 Å². The van der Waals surface area contributed by atoms with E-state index in [1.807, 2.05) is 18.0 Å². The zero-order valence-electron chi connectivity index (χ0n) is 14.4. The number of rotatable bonds is 2. The van der Waals surface area contributed by atoms with Crippen LogP contribution >= 0.6 is 0 Å². The first-order chi connectivity index (χ1) is 12.0. The van der Waals surface area contributed by atoms with Gasteiger partial charge in [-0.05, 0) is 31.7 Å². The van der Waals surface area contributed by atoms with Gasteiger partial charge in [-0.25, -0.2) is 4.79 Å². The van der Waals surface area contributed by atoms with E-state index in [0.717, 1.165) is 11.3 Å². The van der Waals surface area contributed by atoms with E-state index in [4.69, 9.17) is 4.74 Å². The van der Waals surface area contributed by atoms with Crippen molar-refractivity contribution < 1.29 is 14.3 Å². The summed E-state index contributed by atoms with van der Waals surface area (Å²) in [6.07, 6.45) is 0. The normalized spacial score (nSPS) is 20.7. The van der Waals surface area contributed by atoms with Crippen molar-refractivity contribution in [3.8, 4) is 6.07 Å². The topological polar surface area (TPSA) is 82.4 Å². The quantitative estimate of drug-likeness (QED) is 0.823. The molecule has 1 atom stereocenters. The molecule has 25 heavy (non-hydrogen) atoms. The molecule has 0 spiro atoms. The van der Waals surface area contributed by atoms with Crippen molar-refractivity contribution >= 4 is 11.8 Å². The second kappa shape index (κ2) is 6.54. The monoisotopic (exact) mass is 337 g/mol. The van der Waals surface area contributed by atoms with E-state index in [0.29, 0.717) is 35.5 Å². The maximum absolute atomic E-state index is 12.8. The first-order valence-electron chi connectivity index (χ1n) is 7.97. The van der Waals surface area contributed by atoms with Crippen molar-refractivity contribution in [3.05, 3.63) is 57.9 Å². The molecule has 1 N–H and O–H groups in total. The van der Waals surface area contributed by atoms with Crippen molar-refractivity contribution in [2.45, 2.75) is 12.8 Å². The fourth-order valence-corrected chi connectivity index (χ4v) is 3.51. The lowest BCUT2D eigenvalue weighted by atomic mass is 9.77. The van der Waals surface area contributed by atoms with Crippen molar-refractivity contribution in [1.29, 1.82) is 5.26 Å². The summed E-state index contributed by atoms with van der Waals surface area (Å²) in [4.78, 5) is 27.1. The molecule has 3 rings (SSSR count). The number of methoxy groups -OCH3 is 1. The number of ketones is 1. The summed E-state index contributed by atoms with van der Waals surface area (Å²) in [6, 6.07) is 9.13. The Labute approximate surface area is 146 Å². The highest BCUT2D eigenvalue weighted by molar-refractivity contribution is 6.04. The van der Waals surface area contributed by atoms with E-state index in [1.54, 1.807) is 25.1 Å². The number of nitrogens with zero attached hydrogens (tertiary/aromatic N) is 2. The minimum atomic E-state index is -0.529. The SMILES string of the molecule is COC(=O)C1=C(C)NC2=C(C(=O)CN(C)C2)C1c1cccc(C#N)c1. The van der Waals surface area contributed by atoms with Crippen LogP contribution in [0.5, 0.6) is 0 Å². The van der Waals surface area contributed by atoms with Gasteiger partial charge in [0.2, 0.25) is 0 Å². The van der Waals surface area contributed by atoms with Crippen molar-refractivity contribution in [2.24, 2.45) is 0 Å². The Bertz CT molecular complexity index is 861. The Morgan fingerprint density at radius 1 is 1.40 bits per heavy atom. The smallest absolute Gasteiger partial charge is 0.336 e. The highest BCUT2D eigenvalue weighted by Gasteiger charge is 2.39. The van der Waals surface area contributed by atoms with E-state index < -0.39 is 11.9 Å². The molecule has 128 valence electrons. The summed E-state index contributed by atoms with van der Waals surface area (Å²) in [5.74, 6) is -1.04. The Hall–Kier alpha value is -2.91. The van der Waals surface area contributed by atoms with Gasteiger partial charge >= 0.3 is 5.97 Å². The molecule has 1 aromatic rings. The standard InChI is InChI=1S/C19H19N3O3/c1-11-16(19(24)25-3)17(13-6-4-5-12(7-13)8-20)18-14(21-11)9-22(2)10-15(18)23/h4-7,17,21H,9-10H2,1-3H3. The lowest BCUT2D eigenvalue weighted by molar-refractivity contribution is -0.136. The molecule has 6 nitrogen and oxygen atoms in total. The molecule has 0 saturated carbocycles. The molecule has 6 heteroatoms. The summed E-state index contributed by atoms with van der Waals surface area (Å²) >= 11 is 0. The van der Waals surface area contributed by atoms with Crippen LogP contribution in [-0.4, -0.2) is 43.9 Å². The zero-order valence-corrected chi connectivity index (χ0v) is 14.4. The number of ether oxygens (including phenoxy) is 1. The third-order valence-corrected chi connectivity index (χ3v) is 4.54. The summed E-state index contributed by atoms with van der Waals surface area (Å²) in [6.45, 7) is 2.69. The fourth-order valence-electron chi connectivity index (χ4n) is 3.51. The second-order valence-electron chi connectivity index (χ2n) is 6.31. The maximum atomic E-state index is 12.8. The zero-order chi connectivity index (χ0) is 18.1. The maximum Gasteiger partial charge on any atom is 0.336 e. The number of allylic oxidation sites excluding steroid dienone is 1. The molecular weight excluding hydrogens is 318 g/mol. The van der Waals surface area contributed by atoms with Crippen LogP contribution < -0.4 is 5.32 Å². The molecule has 0 fully saturated rings. The van der Waals surface area contributed by atoms with Crippen LogP contribution in [0, 0.1) is 11.3 Å². The number of hydrogen-bond acceptors (Lipinski definition) is 6. The molecule has 2 heterocycles. The number of benzene rings is 1. The van der Waals surface area contributed by atoms with Gasteiger partial charge < -0.3 is 10.1 Å². The molecule has 2 aliphatic rings. The van der Waals surface area contributed by atoms with Gasteiger partial charge in [0.25, 0.3) is 0 Å². The number of nitrogens with one attached hydrogen (secondary N) is 1. The average molecular weight is 337 g/mol. The van der Waals surface area contributed by atoms with Gasteiger partial charge in [-0.1, -0.05) is 12.1 Å². The lowest BCUT2D eigenvalue weighted by Gasteiger charge is -2.36. The molecule has 0 aromatic heterocycles. The number of nitriles is 1. The van der Waals surface area contributed by atoms with Crippen LogP contribution in [0.25, 0.3) is 0 Å². The number of carbonyl (C=O) groups is 2. The average Bonchev–Trinajstić information content (AvgIpc) is 2.59. The van der Waals surface area contributed by atoms with E-state index in [-0.39, 0.29) is 5.78 Å². The fraction of sp³-hybridized carbons (Fsp3) is 0.316. The Balaban J connectivity index is 2.22. The second-order valence-corrected chi connectivity index (χ2v) is 6.31. The minimum Gasteiger partial charge on any atom is -0.466 e. The molecule has 0 bridgehead atoms. The molecule has 2 aliphatic heterocycles. The predicted molar refractivity (Wildman–Crippen MR) is 91.3 cm³/mol. The lowest BCUT2D eigenvalue weighted by Crippen LogP contribution is -2.44. The predicted octanol–water partition coefficient (Wildman–Crippen LogP) is 1.46. The summed E-state index contributed by atoms with van der Waals surface area (Å²) in [5, 5.41) is 12.4. The number of hydrogen-bond donors (Lipinski definition) is 1. The van der Waals surface area contributed by atoms with Gasteiger partial charge in [0.1, 0.15) is 0 Å². The highest BCUT2D eigenvalue weighted by Crippen LogP contribution is 2.40. The molecule has 0 saturated heterocycles. The van der Waals surface area contributed by atoms with Crippen LogP contribution in [-0.2, 0) is 14.3 Å². The molecule has 0 aliphatic carbocycles. The van der Waals surface area contributed by atoms with Gasteiger partial charge in [0, 0.05) is 29.4 Å². The summed E-state index contributed by atoms with van der Waals surface area (Å²) in [5.41, 5.74) is 3.69. The van der Waals surface area contributed by atoms with Gasteiger partial charge in [0.05, 0.1) is 30.9 Å². The van der Waals surface area contributed by atoms with Crippen LogP contribution in [0.3, 0.4) is 0 Å². The van der Waals surface area contributed by atoms with Crippen LogP contribution in [0.15, 0.2) is 46.8 Å². The Morgan fingerprint density at radius 2 is 2.16 bits per heavy atom. The molecule has 0 amide bonds. The Kier molecular flexibility index (Phi) is 4.43. The molecule has 1 unspecified atom stereocenters. The third-order valence-electron chi connectivity index (χ3n) is 4.54. The number of Topliss-reactive ketones (excluding diaryl/α,β-unsaturated/α-hetero) is 1. The van der Waals surface area contributed by atoms with Crippen molar-refractivity contribution in [1.82, 2.24) is 10.2 Å². The van der Waals surface area contributed by atoms with E-state index >= 15 is 0 Å². The van der Waals surface area contributed by atoms with Gasteiger partial charge in [0.15, 0.2) is 5.78 Å². The van der Waals surface area contributed by atoms with Crippen LogP contribution in [0.2, 0.25) is 0 Å². The summed E-state index contributed by atoms with van der Waals surface area (Å²) in [7, 11) is 3.20. The van der Waals surface area contributed by atoms with Crippen LogP contribution in [0.4, 0.5) is 0 Å². The Morgan fingerprint density at radius 3 is 2.84 bits per heavy atom. The first kappa shape index (κ1) is 16.9.